The van der Waals surface area contributed by atoms with E-state index in [0.29, 0.717) is 0 Å². The normalized spacial score (nSPS) is 18.4. The van der Waals surface area contributed by atoms with Gasteiger partial charge in [-0.3, -0.25) is 4.98 Å². The van der Waals surface area contributed by atoms with Gasteiger partial charge in [0.2, 0.25) is 0 Å². The Morgan fingerprint density at radius 1 is 1.32 bits per heavy atom. The van der Waals surface area contributed by atoms with Crippen LogP contribution in [0.5, 0.6) is 0 Å². The number of nitrogens with zero attached hydrogens (tertiary/aromatic N) is 2. The molecule has 1 N–H and O–H groups in total. The molecular formula is C15H24FN3. The van der Waals surface area contributed by atoms with Gasteiger partial charge < -0.3 is 10.2 Å². The second-order valence-electron chi connectivity index (χ2n) is 5.20. The summed E-state index contributed by atoms with van der Waals surface area (Å²) in [5, 5.41) is 3.45. The highest BCUT2D eigenvalue weighted by Gasteiger charge is 2.15. The summed E-state index contributed by atoms with van der Waals surface area (Å²) in [7, 11) is 0. The maximum absolute atomic E-state index is 12.9. The summed E-state index contributed by atoms with van der Waals surface area (Å²) in [5.74, 6) is -0.268. The van der Waals surface area contributed by atoms with Crippen molar-refractivity contribution in [1.29, 1.82) is 0 Å². The van der Waals surface area contributed by atoms with E-state index < -0.39 is 0 Å². The Balaban J connectivity index is 1.89. The lowest BCUT2D eigenvalue weighted by molar-refractivity contribution is 0.216. The van der Waals surface area contributed by atoms with Gasteiger partial charge >= 0.3 is 0 Å². The van der Waals surface area contributed by atoms with Crippen LogP contribution in [0.15, 0.2) is 18.3 Å². The van der Waals surface area contributed by atoms with Gasteiger partial charge in [-0.25, -0.2) is 4.39 Å². The first-order valence-electron chi connectivity index (χ1n) is 7.37. The molecule has 1 unspecified atom stereocenters. The first kappa shape index (κ1) is 14.4. The van der Waals surface area contributed by atoms with Crippen LogP contribution >= 0.6 is 0 Å². The summed E-state index contributed by atoms with van der Waals surface area (Å²) in [5.41, 5.74) is 0.945. The number of nitrogens with one attached hydrogen (secondary N) is 1. The Hall–Kier alpha value is -1.00. The standard InChI is InChI=1S/C15H24FN3/c1-2-17-15(14-7-6-13(16)12-18-14)8-11-19-9-4-3-5-10-19/h6-7,12,15,17H,2-5,8-11H2,1H3. The molecular weight excluding hydrogens is 241 g/mol. The van der Waals surface area contributed by atoms with Gasteiger partial charge in [-0.1, -0.05) is 13.3 Å². The molecule has 3 nitrogen and oxygen atoms in total. The van der Waals surface area contributed by atoms with Gasteiger partial charge in [0.05, 0.1) is 17.9 Å². The molecule has 0 bridgehead atoms. The third-order valence-electron chi connectivity index (χ3n) is 3.74. The molecule has 1 aromatic heterocycles. The second kappa shape index (κ2) is 7.56. The molecule has 1 saturated heterocycles. The van der Waals surface area contributed by atoms with Gasteiger partial charge in [0.25, 0.3) is 0 Å². The average molecular weight is 265 g/mol. The Morgan fingerprint density at radius 2 is 2.11 bits per heavy atom. The van der Waals surface area contributed by atoms with E-state index >= 15 is 0 Å². The summed E-state index contributed by atoms with van der Waals surface area (Å²) in [6, 6.07) is 3.51. The van der Waals surface area contributed by atoms with Gasteiger partial charge in [-0.2, -0.15) is 0 Å². The first-order valence-corrected chi connectivity index (χ1v) is 7.37. The largest absolute Gasteiger partial charge is 0.309 e. The number of hydrogen-bond donors (Lipinski definition) is 1. The molecule has 0 spiro atoms. The molecule has 2 heterocycles. The van der Waals surface area contributed by atoms with Gasteiger partial charge in [0, 0.05) is 0 Å². The summed E-state index contributed by atoms with van der Waals surface area (Å²) in [4.78, 5) is 6.73. The quantitative estimate of drug-likeness (QED) is 0.857. The number of likely N-dealkylation sites (tertiary alicyclic amines) is 1. The third kappa shape index (κ3) is 4.55. The van der Waals surface area contributed by atoms with Crippen LogP contribution in [0.1, 0.15) is 44.3 Å². The van der Waals surface area contributed by atoms with Gasteiger partial charge in [0.1, 0.15) is 5.82 Å². The van der Waals surface area contributed by atoms with Gasteiger partial charge in [0.15, 0.2) is 0 Å². The number of aromatic nitrogens is 1. The van der Waals surface area contributed by atoms with Crippen LogP contribution in [0.4, 0.5) is 4.39 Å². The number of hydrogen-bond acceptors (Lipinski definition) is 3. The van der Waals surface area contributed by atoms with E-state index in [9.17, 15) is 4.39 Å². The minimum absolute atomic E-state index is 0.229. The second-order valence-corrected chi connectivity index (χ2v) is 5.20. The van der Waals surface area contributed by atoms with Crippen molar-refractivity contribution in [1.82, 2.24) is 15.2 Å². The van der Waals surface area contributed by atoms with E-state index in [1.165, 1.54) is 44.6 Å². The van der Waals surface area contributed by atoms with E-state index in [-0.39, 0.29) is 11.9 Å². The summed E-state index contributed by atoms with van der Waals surface area (Å²) in [6.07, 6.45) is 6.35. The van der Waals surface area contributed by atoms with Crippen LogP contribution in [-0.4, -0.2) is 36.1 Å². The fraction of sp³-hybridized carbons (Fsp3) is 0.667. The lowest BCUT2D eigenvalue weighted by Crippen LogP contribution is -2.33. The molecule has 0 saturated carbocycles. The zero-order valence-electron chi connectivity index (χ0n) is 11.7. The summed E-state index contributed by atoms with van der Waals surface area (Å²) >= 11 is 0. The minimum atomic E-state index is -0.268. The highest BCUT2D eigenvalue weighted by Crippen LogP contribution is 2.17. The first-order chi connectivity index (χ1) is 9.29. The fourth-order valence-corrected chi connectivity index (χ4v) is 2.69. The van der Waals surface area contributed by atoms with E-state index in [1.54, 1.807) is 6.07 Å². The molecule has 0 amide bonds. The number of piperidine rings is 1. The number of halogens is 1. The maximum atomic E-state index is 12.9. The van der Waals surface area contributed by atoms with E-state index in [0.717, 1.165) is 25.2 Å². The van der Waals surface area contributed by atoms with Crippen molar-refractivity contribution in [3.8, 4) is 0 Å². The predicted octanol–water partition coefficient (Wildman–Crippen LogP) is 2.75. The van der Waals surface area contributed by atoms with E-state index in [2.05, 4.69) is 22.1 Å². The molecule has 1 aliphatic rings. The minimum Gasteiger partial charge on any atom is -0.309 e. The van der Waals surface area contributed by atoms with E-state index in [1.807, 2.05) is 0 Å². The monoisotopic (exact) mass is 265 g/mol. The fourth-order valence-electron chi connectivity index (χ4n) is 2.69. The van der Waals surface area contributed by atoms with E-state index in [4.69, 9.17) is 0 Å². The van der Waals surface area contributed by atoms with Crippen molar-refractivity contribution < 1.29 is 4.39 Å². The highest BCUT2D eigenvalue weighted by atomic mass is 19.1. The maximum Gasteiger partial charge on any atom is 0.141 e. The number of rotatable bonds is 6. The molecule has 0 aliphatic carbocycles. The number of pyridine rings is 1. The van der Waals surface area contributed by atoms with Crippen LogP contribution in [0, 0.1) is 5.82 Å². The van der Waals surface area contributed by atoms with Gasteiger partial charge in [-0.15, -0.1) is 0 Å². The molecule has 1 fully saturated rings. The molecule has 1 aliphatic heterocycles. The SMILES string of the molecule is CCNC(CCN1CCCCC1)c1ccc(F)cn1. The van der Waals surface area contributed by atoms with Crippen molar-refractivity contribution >= 4 is 0 Å². The van der Waals surface area contributed by atoms with Crippen molar-refractivity contribution in [3.63, 3.8) is 0 Å². The predicted molar refractivity (Wildman–Crippen MR) is 75.5 cm³/mol. The smallest absolute Gasteiger partial charge is 0.141 e. The van der Waals surface area contributed by atoms with Crippen LogP contribution in [0.25, 0.3) is 0 Å². The van der Waals surface area contributed by atoms with Crippen molar-refractivity contribution in [2.24, 2.45) is 0 Å². The molecule has 2 rings (SSSR count). The Bertz CT molecular complexity index is 360. The van der Waals surface area contributed by atoms with Crippen molar-refractivity contribution in [2.45, 2.75) is 38.6 Å². The molecule has 1 aromatic rings. The molecule has 4 heteroatoms. The highest BCUT2D eigenvalue weighted by molar-refractivity contribution is 5.10. The van der Waals surface area contributed by atoms with Crippen LogP contribution in [-0.2, 0) is 0 Å². The van der Waals surface area contributed by atoms with Crippen LogP contribution in [0.3, 0.4) is 0 Å². The van der Waals surface area contributed by atoms with Crippen molar-refractivity contribution in [2.75, 3.05) is 26.2 Å². The molecule has 0 radical (unpaired) electrons. The Kier molecular flexibility index (Phi) is 5.73. The zero-order valence-corrected chi connectivity index (χ0v) is 11.7. The third-order valence-corrected chi connectivity index (χ3v) is 3.74. The summed E-state index contributed by atoms with van der Waals surface area (Å²) in [6.45, 7) is 6.53. The lowest BCUT2D eigenvalue weighted by Gasteiger charge is -2.28. The molecule has 106 valence electrons. The lowest BCUT2D eigenvalue weighted by atomic mass is 10.1. The topological polar surface area (TPSA) is 28.2 Å². The van der Waals surface area contributed by atoms with Crippen molar-refractivity contribution in [3.05, 3.63) is 29.8 Å². The van der Waals surface area contributed by atoms with Crippen LogP contribution in [0.2, 0.25) is 0 Å². The Morgan fingerprint density at radius 3 is 2.74 bits per heavy atom. The summed E-state index contributed by atoms with van der Waals surface area (Å²) < 4.78 is 12.9. The molecule has 1 atom stereocenters. The van der Waals surface area contributed by atoms with Crippen LogP contribution < -0.4 is 5.32 Å². The molecule has 19 heavy (non-hydrogen) atoms. The Labute approximate surface area is 115 Å². The zero-order chi connectivity index (χ0) is 13.5. The molecule has 0 aromatic carbocycles. The average Bonchev–Trinajstić information content (AvgIpc) is 2.46. The van der Waals surface area contributed by atoms with Gasteiger partial charge in [-0.05, 0) is 57.6 Å².